The maximum absolute atomic E-state index is 11.4. The lowest BCUT2D eigenvalue weighted by molar-refractivity contribution is -0.112. The van der Waals surface area contributed by atoms with Gasteiger partial charge in [0, 0.05) is 0 Å². The number of benzene rings is 1. The summed E-state index contributed by atoms with van der Waals surface area (Å²) < 4.78 is 5.69. The van der Waals surface area contributed by atoms with Gasteiger partial charge in [0.2, 0.25) is 0 Å². The normalized spacial score (nSPS) is 13.2. The average molecular weight is 267 g/mol. The van der Waals surface area contributed by atoms with Gasteiger partial charge in [0.1, 0.15) is 0 Å². The third-order valence-corrected chi connectivity index (χ3v) is 2.84. The summed E-state index contributed by atoms with van der Waals surface area (Å²) in [4.78, 5) is 11.4. The van der Waals surface area contributed by atoms with Crippen LogP contribution < -0.4 is 0 Å². The molecule has 0 heterocycles. The largest absolute Gasteiger partial charge is 0.485 e. The summed E-state index contributed by atoms with van der Waals surface area (Å²) in [5.41, 5.74) is 0.910. The lowest BCUT2D eigenvalue weighted by Gasteiger charge is -2.17. The van der Waals surface area contributed by atoms with Gasteiger partial charge in [-0.1, -0.05) is 50.6 Å². The molecule has 0 aliphatic heterocycles. The maximum atomic E-state index is 11.4. The molecular formula is C15H19ClO2. The number of hydrogen-bond donors (Lipinski definition) is 0. The molecule has 0 spiro atoms. The SMILES string of the molecule is CCCC(CC)OC(=Cc1ccccc1)C(=O)Cl. The van der Waals surface area contributed by atoms with Crippen molar-refractivity contribution in [1.29, 1.82) is 0 Å². The molecular weight excluding hydrogens is 248 g/mol. The third-order valence-electron chi connectivity index (χ3n) is 2.65. The molecule has 0 amide bonds. The Labute approximate surface area is 114 Å². The monoisotopic (exact) mass is 266 g/mol. The number of carbonyl (C=O) groups is 1. The lowest BCUT2D eigenvalue weighted by atomic mass is 10.1. The molecule has 0 fully saturated rings. The highest BCUT2D eigenvalue weighted by Crippen LogP contribution is 2.17. The molecule has 0 N–H and O–H groups in total. The molecule has 1 rings (SSSR count). The van der Waals surface area contributed by atoms with Crippen LogP contribution in [-0.4, -0.2) is 11.3 Å². The predicted molar refractivity (Wildman–Crippen MR) is 75.4 cm³/mol. The summed E-state index contributed by atoms with van der Waals surface area (Å²) in [6.45, 7) is 4.13. The van der Waals surface area contributed by atoms with Crippen LogP contribution >= 0.6 is 11.6 Å². The van der Waals surface area contributed by atoms with Gasteiger partial charge in [0.05, 0.1) is 6.10 Å². The summed E-state index contributed by atoms with van der Waals surface area (Å²) in [6, 6.07) is 9.55. The summed E-state index contributed by atoms with van der Waals surface area (Å²) >= 11 is 5.56. The van der Waals surface area contributed by atoms with Crippen molar-refractivity contribution in [3.05, 3.63) is 41.7 Å². The van der Waals surface area contributed by atoms with E-state index in [0.717, 1.165) is 24.8 Å². The molecule has 1 atom stereocenters. The van der Waals surface area contributed by atoms with E-state index < -0.39 is 5.24 Å². The van der Waals surface area contributed by atoms with Crippen LogP contribution in [0, 0.1) is 0 Å². The van der Waals surface area contributed by atoms with E-state index in [1.54, 1.807) is 6.08 Å². The van der Waals surface area contributed by atoms with Gasteiger partial charge in [0.25, 0.3) is 5.24 Å². The van der Waals surface area contributed by atoms with Crippen molar-refractivity contribution >= 4 is 22.9 Å². The quantitative estimate of drug-likeness (QED) is 0.416. The van der Waals surface area contributed by atoms with E-state index >= 15 is 0 Å². The Balaban J connectivity index is 2.83. The molecule has 1 aromatic rings. The Bertz CT molecular complexity index is 398. The minimum absolute atomic E-state index is 0.0488. The Morgan fingerprint density at radius 1 is 1.33 bits per heavy atom. The van der Waals surface area contributed by atoms with Crippen LogP contribution in [0.3, 0.4) is 0 Å². The van der Waals surface area contributed by atoms with Gasteiger partial charge >= 0.3 is 0 Å². The zero-order valence-corrected chi connectivity index (χ0v) is 11.6. The smallest absolute Gasteiger partial charge is 0.287 e. The number of ether oxygens (including phenoxy) is 1. The van der Waals surface area contributed by atoms with Crippen LogP contribution in [0.4, 0.5) is 0 Å². The molecule has 0 aliphatic rings. The molecule has 0 aliphatic carbocycles. The second-order valence-electron chi connectivity index (χ2n) is 4.13. The highest BCUT2D eigenvalue weighted by molar-refractivity contribution is 6.67. The minimum atomic E-state index is -0.548. The van der Waals surface area contributed by atoms with Gasteiger partial charge in [-0.2, -0.15) is 0 Å². The number of carbonyl (C=O) groups excluding carboxylic acids is 1. The zero-order chi connectivity index (χ0) is 13.4. The van der Waals surface area contributed by atoms with Gasteiger partial charge in [-0.05, 0) is 36.1 Å². The Hall–Kier alpha value is -1.28. The van der Waals surface area contributed by atoms with E-state index in [9.17, 15) is 4.79 Å². The molecule has 0 bridgehead atoms. The van der Waals surface area contributed by atoms with Gasteiger partial charge in [-0.25, -0.2) is 0 Å². The van der Waals surface area contributed by atoms with E-state index in [1.807, 2.05) is 37.3 Å². The first-order chi connectivity index (χ1) is 8.67. The first-order valence-corrected chi connectivity index (χ1v) is 6.68. The molecule has 18 heavy (non-hydrogen) atoms. The number of hydrogen-bond acceptors (Lipinski definition) is 2. The minimum Gasteiger partial charge on any atom is -0.485 e. The van der Waals surface area contributed by atoms with Gasteiger partial charge in [0.15, 0.2) is 5.76 Å². The van der Waals surface area contributed by atoms with E-state index in [1.165, 1.54) is 0 Å². The van der Waals surface area contributed by atoms with Crippen LogP contribution in [0.2, 0.25) is 0 Å². The van der Waals surface area contributed by atoms with Gasteiger partial charge in [-0.3, -0.25) is 4.79 Å². The Kier molecular flexibility index (Phi) is 6.51. The Morgan fingerprint density at radius 2 is 2.00 bits per heavy atom. The van der Waals surface area contributed by atoms with Gasteiger partial charge < -0.3 is 4.74 Å². The van der Waals surface area contributed by atoms with Crippen molar-refractivity contribution in [3.8, 4) is 0 Å². The van der Waals surface area contributed by atoms with Crippen molar-refractivity contribution in [2.45, 2.75) is 39.2 Å². The van der Waals surface area contributed by atoms with E-state index in [4.69, 9.17) is 16.3 Å². The highest BCUT2D eigenvalue weighted by Gasteiger charge is 2.14. The first kappa shape index (κ1) is 14.8. The number of rotatable bonds is 7. The topological polar surface area (TPSA) is 26.3 Å². The Morgan fingerprint density at radius 3 is 2.50 bits per heavy atom. The molecule has 3 heteroatoms. The second-order valence-corrected chi connectivity index (χ2v) is 4.47. The van der Waals surface area contributed by atoms with Crippen molar-refractivity contribution in [1.82, 2.24) is 0 Å². The van der Waals surface area contributed by atoms with Gasteiger partial charge in [-0.15, -0.1) is 0 Å². The van der Waals surface area contributed by atoms with E-state index in [2.05, 4.69) is 6.92 Å². The first-order valence-electron chi connectivity index (χ1n) is 6.30. The van der Waals surface area contributed by atoms with Crippen LogP contribution in [-0.2, 0) is 9.53 Å². The van der Waals surface area contributed by atoms with Crippen molar-refractivity contribution in [2.24, 2.45) is 0 Å². The molecule has 98 valence electrons. The fourth-order valence-corrected chi connectivity index (χ4v) is 1.78. The van der Waals surface area contributed by atoms with E-state index in [-0.39, 0.29) is 11.9 Å². The summed E-state index contributed by atoms with van der Waals surface area (Å²) in [5, 5.41) is -0.548. The lowest BCUT2D eigenvalue weighted by Crippen LogP contribution is -2.13. The molecule has 2 nitrogen and oxygen atoms in total. The molecule has 0 saturated carbocycles. The predicted octanol–water partition coefficient (Wildman–Crippen LogP) is 4.39. The average Bonchev–Trinajstić information content (AvgIpc) is 2.38. The molecule has 1 aromatic carbocycles. The fourth-order valence-electron chi connectivity index (χ4n) is 1.69. The molecule has 0 radical (unpaired) electrons. The molecule has 0 aromatic heterocycles. The van der Waals surface area contributed by atoms with Crippen molar-refractivity contribution < 1.29 is 9.53 Å². The van der Waals surface area contributed by atoms with Crippen molar-refractivity contribution in [2.75, 3.05) is 0 Å². The number of halogens is 1. The van der Waals surface area contributed by atoms with Crippen molar-refractivity contribution in [3.63, 3.8) is 0 Å². The van der Waals surface area contributed by atoms with Crippen LogP contribution in [0.5, 0.6) is 0 Å². The highest BCUT2D eigenvalue weighted by atomic mass is 35.5. The number of allylic oxidation sites excluding steroid dienone is 1. The maximum Gasteiger partial charge on any atom is 0.287 e. The fraction of sp³-hybridized carbons (Fsp3) is 0.400. The van der Waals surface area contributed by atoms with Crippen LogP contribution in [0.25, 0.3) is 6.08 Å². The summed E-state index contributed by atoms with van der Waals surface area (Å²) in [7, 11) is 0. The molecule has 1 unspecified atom stereocenters. The standard InChI is InChI=1S/C15H19ClO2/c1-3-8-13(4-2)18-14(15(16)17)11-12-9-6-5-7-10-12/h5-7,9-11,13H,3-4,8H2,1-2H3. The third kappa shape index (κ3) is 4.92. The van der Waals surface area contributed by atoms with Crippen LogP contribution in [0.15, 0.2) is 36.1 Å². The summed E-state index contributed by atoms with van der Waals surface area (Å²) in [6.07, 6.45) is 4.55. The van der Waals surface area contributed by atoms with E-state index in [0.29, 0.717) is 0 Å². The molecule has 0 saturated heterocycles. The summed E-state index contributed by atoms with van der Waals surface area (Å²) in [5.74, 6) is 0.225. The van der Waals surface area contributed by atoms with Crippen LogP contribution in [0.1, 0.15) is 38.7 Å². The zero-order valence-electron chi connectivity index (χ0n) is 10.9. The second kappa shape index (κ2) is 7.93.